The van der Waals surface area contributed by atoms with Crippen molar-refractivity contribution in [3.05, 3.63) is 95.1 Å². The molecule has 52 heavy (non-hydrogen) atoms. The first-order valence-corrected chi connectivity index (χ1v) is 18.7. The van der Waals surface area contributed by atoms with Crippen molar-refractivity contribution in [2.24, 2.45) is 0 Å². The van der Waals surface area contributed by atoms with Gasteiger partial charge < -0.3 is 34.8 Å². The summed E-state index contributed by atoms with van der Waals surface area (Å²) in [6.45, 7) is 2.52. The molecule has 276 valence electrons. The van der Waals surface area contributed by atoms with Gasteiger partial charge in [-0.25, -0.2) is 0 Å². The molecule has 8 heteroatoms. The van der Waals surface area contributed by atoms with Crippen molar-refractivity contribution in [1.82, 2.24) is 0 Å². The highest BCUT2D eigenvalue weighted by atomic mass is 16.5. The number of ether oxygens (including phenoxy) is 3. The number of phenolic OH excluding ortho intramolecular Hbond substituents is 1. The lowest BCUT2D eigenvalue weighted by molar-refractivity contribution is -0.121. The highest BCUT2D eigenvalue weighted by molar-refractivity contribution is 5.89. The Morgan fingerprint density at radius 1 is 0.942 bits per heavy atom. The number of carbonyl (C=O) groups is 1. The zero-order valence-corrected chi connectivity index (χ0v) is 30.5. The second-order valence-corrected chi connectivity index (χ2v) is 13.9. The number of methoxy groups -OCH3 is 1. The lowest BCUT2D eigenvalue weighted by atomic mass is 9.90. The standard InChI is InChI=1S/C44H53NO7/c1-31(47)29-45-37-11-8-10-32(26-37)9-6-4-3-5-7-12-39-28-38(48)17-13-33-15-20-42(50-2)43(27-33)52-30-34-14-18-40-36(25-34)16-19-41(49)44(40)35(21-23-46)22-24-51-39/h8,10-11,14-16,18-20,25-27,31,35,39,45-47,49H,3-7,9,12-13,17,21,23,28-30H2,1-2H3/t31-,35-,39-/m0/s1. The average molecular weight is 708 g/mol. The number of Topliss-reactive ketones (excluding diaryl/α,β-unsaturated/α-hetero) is 1. The van der Waals surface area contributed by atoms with E-state index in [0.29, 0.717) is 55.9 Å². The summed E-state index contributed by atoms with van der Waals surface area (Å²) < 4.78 is 17.9. The Hall–Kier alpha value is -4.71. The van der Waals surface area contributed by atoms with Crippen LogP contribution in [0.25, 0.3) is 10.8 Å². The average Bonchev–Trinajstić information content (AvgIpc) is 3.14. The number of aromatic hydroxyl groups is 1. The fourth-order valence-electron chi connectivity index (χ4n) is 6.78. The summed E-state index contributed by atoms with van der Waals surface area (Å²) in [6.07, 6.45) is 10.7. The minimum Gasteiger partial charge on any atom is -0.508 e. The molecule has 4 aromatic rings. The van der Waals surface area contributed by atoms with Crippen LogP contribution in [0.5, 0.6) is 17.2 Å². The van der Waals surface area contributed by atoms with Crippen LogP contribution in [-0.4, -0.2) is 53.6 Å². The minimum absolute atomic E-state index is 0.103. The van der Waals surface area contributed by atoms with Gasteiger partial charge >= 0.3 is 0 Å². The molecule has 2 aliphatic heterocycles. The van der Waals surface area contributed by atoms with Gasteiger partial charge in [-0.3, -0.25) is 4.79 Å². The second-order valence-electron chi connectivity index (χ2n) is 13.9. The Morgan fingerprint density at radius 3 is 2.60 bits per heavy atom. The number of aryl methyl sites for hydroxylation is 2. The lowest BCUT2D eigenvalue weighted by Gasteiger charge is -2.17. The van der Waals surface area contributed by atoms with Crippen LogP contribution in [-0.2, 0) is 29.0 Å². The van der Waals surface area contributed by atoms with Crippen molar-refractivity contribution in [3.8, 4) is 29.3 Å². The summed E-state index contributed by atoms with van der Waals surface area (Å²) >= 11 is 0. The van der Waals surface area contributed by atoms with Gasteiger partial charge in [-0.2, -0.15) is 0 Å². The second kappa shape index (κ2) is 19.8. The van der Waals surface area contributed by atoms with Gasteiger partial charge in [-0.15, -0.1) is 0 Å². The van der Waals surface area contributed by atoms with Crippen molar-refractivity contribution < 1.29 is 34.3 Å². The molecule has 6 rings (SSSR count). The Labute approximate surface area is 308 Å². The Balaban J connectivity index is 1.26. The van der Waals surface area contributed by atoms with Gasteiger partial charge in [0.1, 0.15) is 30.4 Å². The molecule has 4 N–H and O–H groups in total. The SMILES string of the molecule is COc1ccc2cc1OCc1ccc3c(c(O)ccc3c1)[C@@H](CCO)C#CO[C@@H](CCCCCCCc1cccc(NC[C@H](C)O)c1)CC(=O)CC2. The molecular weight excluding hydrogens is 654 g/mol. The predicted octanol–water partition coefficient (Wildman–Crippen LogP) is 8.23. The summed E-state index contributed by atoms with van der Waals surface area (Å²) in [4.78, 5) is 13.3. The molecule has 0 saturated carbocycles. The van der Waals surface area contributed by atoms with E-state index in [2.05, 4.69) is 35.5 Å². The number of phenols is 1. The maximum atomic E-state index is 13.3. The van der Waals surface area contributed by atoms with Gasteiger partial charge in [-0.1, -0.05) is 61.6 Å². The summed E-state index contributed by atoms with van der Waals surface area (Å²) in [5.74, 6) is 4.18. The Morgan fingerprint density at radius 2 is 1.77 bits per heavy atom. The van der Waals surface area contributed by atoms with E-state index in [-0.39, 0.29) is 30.7 Å². The summed E-state index contributed by atoms with van der Waals surface area (Å²) in [5, 5.41) is 35.5. The van der Waals surface area contributed by atoms with Gasteiger partial charge in [0.2, 0.25) is 0 Å². The molecule has 0 spiro atoms. The van der Waals surface area contributed by atoms with Crippen LogP contribution < -0.4 is 14.8 Å². The number of hydrogen-bond acceptors (Lipinski definition) is 8. The van der Waals surface area contributed by atoms with Gasteiger partial charge in [-0.05, 0) is 109 Å². The first kappa shape index (κ1) is 38.5. The van der Waals surface area contributed by atoms with E-state index in [0.717, 1.165) is 66.1 Å². The third kappa shape index (κ3) is 11.4. The van der Waals surface area contributed by atoms with Crippen LogP contribution in [0.15, 0.2) is 72.8 Å². The molecule has 0 saturated heterocycles. The van der Waals surface area contributed by atoms with Gasteiger partial charge in [0.05, 0.1) is 19.1 Å². The Bertz CT molecular complexity index is 1820. The summed E-state index contributed by atoms with van der Waals surface area (Å²) in [5.41, 5.74) is 4.91. The van der Waals surface area contributed by atoms with Crippen molar-refractivity contribution >= 4 is 22.2 Å². The fourth-order valence-corrected chi connectivity index (χ4v) is 6.78. The smallest absolute Gasteiger partial charge is 0.161 e. The number of nitrogens with one attached hydrogen (secondary N) is 1. The Kier molecular flexibility index (Phi) is 14.6. The number of unbranched alkanes of at least 4 members (excludes halogenated alkanes) is 4. The zero-order chi connectivity index (χ0) is 36.7. The molecule has 0 radical (unpaired) electrons. The van der Waals surface area contributed by atoms with E-state index < -0.39 is 12.0 Å². The number of aliphatic hydroxyl groups is 2. The van der Waals surface area contributed by atoms with E-state index in [1.165, 1.54) is 5.56 Å². The van der Waals surface area contributed by atoms with Gasteiger partial charge in [0.15, 0.2) is 11.5 Å². The van der Waals surface area contributed by atoms with Crippen molar-refractivity contribution in [1.29, 1.82) is 0 Å². The molecule has 3 atom stereocenters. The predicted molar refractivity (Wildman–Crippen MR) is 206 cm³/mol. The number of aliphatic hydroxyl groups excluding tert-OH is 2. The summed E-state index contributed by atoms with van der Waals surface area (Å²) in [6, 6.07) is 23.7. The van der Waals surface area contributed by atoms with Crippen molar-refractivity contribution in [2.75, 3.05) is 25.6 Å². The van der Waals surface area contributed by atoms with Crippen LogP contribution in [0.1, 0.15) is 92.9 Å². The molecular formula is C44H53NO7. The van der Waals surface area contributed by atoms with E-state index in [1.54, 1.807) is 20.1 Å². The van der Waals surface area contributed by atoms with Gasteiger partial charge in [0, 0.05) is 37.2 Å². The minimum atomic E-state index is -0.463. The largest absolute Gasteiger partial charge is 0.508 e. The normalized spacial score (nSPS) is 16.9. The number of hydrogen-bond donors (Lipinski definition) is 4. The number of fused-ring (bicyclic) bond motifs is 9. The number of ketones is 1. The van der Waals surface area contributed by atoms with E-state index in [1.807, 2.05) is 48.5 Å². The van der Waals surface area contributed by atoms with Crippen LogP contribution in [0, 0.1) is 12.0 Å². The molecule has 0 aromatic heterocycles. The maximum absolute atomic E-state index is 13.3. The first-order valence-electron chi connectivity index (χ1n) is 18.7. The number of carbonyl (C=O) groups excluding carboxylic acids is 1. The topological polar surface area (TPSA) is 117 Å². The third-order valence-electron chi connectivity index (χ3n) is 9.62. The maximum Gasteiger partial charge on any atom is 0.161 e. The van der Waals surface area contributed by atoms with E-state index in [4.69, 9.17) is 14.2 Å². The monoisotopic (exact) mass is 707 g/mol. The highest BCUT2D eigenvalue weighted by Gasteiger charge is 2.19. The molecule has 0 aliphatic carbocycles. The lowest BCUT2D eigenvalue weighted by Crippen LogP contribution is -2.17. The molecule has 8 nitrogen and oxygen atoms in total. The first-order chi connectivity index (χ1) is 25.3. The summed E-state index contributed by atoms with van der Waals surface area (Å²) in [7, 11) is 1.61. The molecule has 6 bridgehead atoms. The van der Waals surface area contributed by atoms with E-state index in [9.17, 15) is 20.1 Å². The molecule has 0 unspecified atom stereocenters. The van der Waals surface area contributed by atoms with Crippen LogP contribution >= 0.6 is 0 Å². The number of benzene rings is 4. The van der Waals surface area contributed by atoms with Crippen molar-refractivity contribution in [3.63, 3.8) is 0 Å². The molecule has 4 aromatic carbocycles. The van der Waals surface area contributed by atoms with Crippen molar-refractivity contribution in [2.45, 2.75) is 102 Å². The van der Waals surface area contributed by atoms with Crippen LogP contribution in [0.3, 0.4) is 0 Å². The third-order valence-corrected chi connectivity index (χ3v) is 9.62. The van der Waals surface area contributed by atoms with Crippen LogP contribution in [0.4, 0.5) is 5.69 Å². The number of anilines is 1. The van der Waals surface area contributed by atoms with E-state index >= 15 is 0 Å². The fraction of sp³-hybridized carbons (Fsp3) is 0.432. The molecule has 2 heterocycles. The zero-order valence-electron chi connectivity index (χ0n) is 30.5. The van der Waals surface area contributed by atoms with Gasteiger partial charge in [0.25, 0.3) is 0 Å². The quantitative estimate of drug-likeness (QED) is 0.0765. The molecule has 2 aliphatic rings. The molecule has 0 amide bonds. The van der Waals surface area contributed by atoms with Crippen LogP contribution in [0.2, 0.25) is 0 Å². The number of rotatable bonds is 14. The highest BCUT2D eigenvalue weighted by Crippen LogP contribution is 2.36. The molecule has 0 fully saturated rings.